The first-order chi connectivity index (χ1) is 5.72. The van der Waals surface area contributed by atoms with Crippen LogP contribution in [0.4, 0.5) is 0 Å². The predicted molar refractivity (Wildman–Crippen MR) is 55.4 cm³/mol. The Labute approximate surface area is 84.7 Å². The van der Waals surface area contributed by atoms with Crippen LogP contribution in [0.2, 0.25) is 0 Å². The summed E-state index contributed by atoms with van der Waals surface area (Å²) in [5, 5.41) is 14.0. The molecular formula is C8H12BrNOS. The van der Waals surface area contributed by atoms with Gasteiger partial charge >= 0.3 is 0 Å². The Hall–Kier alpha value is 0.100. The van der Waals surface area contributed by atoms with E-state index in [9.17, 15) is 0 Å². The van der Waals surface area contributed by atoms with E-state index in [1.807, 2.05) is 6.92 Å². The number of hydrogen-bond donors (Lipinski definition) is 2. The molecular weight excluding hydrogens is 238 g/mol. The second kappa shape index (κ2) is 4.97. The number of hydrogen-bond acceptors (Lipinski definition) is 3. The minimum absolute atomic E-state index is 0.170. The summed E-state index contributed by atoms with van der Waals surface area (Å²) in [6, 6.07) is 2.26. The number of nitrogens with one attached hydrogen (secondary N) is 1. The van der Waals surface area contributed by atoms with Crippen molar-refractivity contribution in [2.75, 3.05) is 6.61 Å². The normalized spacial score (nSPS) is 13.2. The van der Waals surface area contributed by atoms with E-state index in [-0.39, 0.29) is 12.6 Å². The summed E-state index contributed by atoms with van der Waals surface area (Å²) in [7, 11) is 0. The molecule has 0 radical (unpaired) electrons. The standard InChI is InChI=1S/C8H12BrNOS/c1-6(4-11)10-3-7-2-8(9)12-5-7/h2,5-6,10-11H,3-4H2,1H3/t6-/m0/s1. The quantitative estimate of drug-likeness (QED) is 0.856. The largest absolute Gasteiger partial charge is 0.395 e. The van der Waals surface area contributed by atoms with E-state index in [2.05, 4.69) is 32.7 Å². The van der Waals surface area contributed by atoms with Crippen molar-refractivity contribution in [2.45, 2.75) is 19.5 Å². The number of halogens is 1. The molecule has 1 heterocycles. The van der Waals surface area contributed by atoms with E-state index in [0.29, 0.717) is 0 Å². The van der Waals surface area contributed by atoms with Crippen LogP contribution >= 0.6 is 27.3 Å². The summed E-state index contributed by atoms with van der Waals surface area (Å²) < 4.78 is 1.15. The zero-order valence-electron chi connectivity index (χ0n) is 6.88. The number of aliphatic hydroxyl groups excluding tert-OH is 1. The molecule has 0 aliphatic rings. The monoisotopic (exact) mass is 249 g/mol. The molecule has 68 valence electrons. The minimum atomic E-state index is 0.170. The van der Waals surface area contributed by atoms with Crippen molar-refractivity contribution in [1.82, 2.24) is 5.32 Å². The summed E-state index contributed by atoms with van der Waals surface area (Å²) >= 11 is 5.08. The maximum atomic E-state index is 8.75. The second-order valence-electron chi connectivity index (χ2n) is 2.72. The van der Waals surface area contributed by atoms with Gasteiger partial charge in [0.1, 0.15) is 0 Å². The molecule has 2 nitrogen and oxygen atoms in total. The first kappa shape index (κ1) is 10.2. The molecule has 1 atom stereocenters. The maximum absolute atomic E-state index is 8.75. The molecule has 12 heavy (non-hydrogen) atoms. The van der Waals surface area contributed by atoms with Crippen molar-refractivity contribution in [3.05, 3.63) is 20.8 Å². The van der Waals surface area contributed by atoms with Gasteiger partial charge in [0.15, 0.2) is 0 Å². The lowest BCUT2D eigenvalue weighted by atomic mass is 10.3. The molecule has 0 unspecified atom stereocenters. The van der Waals surface area contributed by atoms with Gasteiger partial charge < -0.3 is 10.4 Å². The van der Waals surface area contributed by atoms with Gasteiger partial charge in [0.05, 0.1) is 10.4 Å². The molecule has 0 aliphatic carbocycles. The lowest BCUT2D eigenvalue weighted by molar-refractivity contribution is 0.251. The highest BCUT2D eigenvalue weighted by atomic mass is 79.9. The highest BCUT2D eigenvalue weighted by Gasteiger charge is 2.00. The van der Waals surface area contributed by atoms with Gasteiger partial charge in [0.2, 0.25) is 0 Å². The number of thiophene rings is 1. The topological polar surface area (TPSA) is 32.3 Å². The summed E-state index contributed by atoms with van der Waals surface area (Å²) in [6.07, 6.45) is 0. The fourth-order valence-electron chi connectivity index (χ4n) is 0.795. The van der Waals surface area contributed by atoms with Crippen molar-refractivity contribution in [2.24, 2.45) is 0 Å². The summed E-state index contributed by atoms with van der Waals surface area (Å²) in [5.41, 5.74) is 1.26. The van der Waals surface area contributed by atoms with Crippen LogP contribution in [-0.4, -0.2) is 17.8 Å². The van der Waals surface area contributed by atoms with Crippen molar-refractivity contribution >= 4 is 27.3 Å². The van der Waals surface area contributed by atoms with Crippen LogP contribution in [0.1, 0.15) is 12.5 Å². The Morgan fingerprint density at radius 2 is 2.50 bits per heavy atom. The molecule has 0 saturated heterocycles. The van der Waals surface area contributed by atoms with Crippen LogP contribution in [0.3, 0.4) is 0 Å². The first-order valence-electron chi connectivity index (χ1n) is 3.79. The predicted octanol–water partition coefficient (Wildman–Crippen LogP) is 1.98. The van der Waals surface area contributed by atoms with Gasteiger partial charge in [-0.15, -0.1) is 11.3 Å². The Morgan fingerprint density at radius 1 is 1.75 bits per heavy atom. The van der Waals surface area contributed by atoms with E-state index < -0.39 is 0 Å². The molecule has 1 rings (SSSR count). The average molecular weight is 250 g/mol. The molecule has 0 bridgehead atoms. The summed E-state index contributed by atoms with van der Waals surface area (Å²) in [6.45, 7) is 2.97. The van der Waals surface area contributed by atoms with Gasteiger partial charge in [0.25, 0.3) is 0 Å². The second-order valence-corrected chi connectivity index (χ2v) is 5.01. The van der Waals surface area contributed by atoms with Crippen LogP contribution in [0.5, 0.6) is 0 Å². The molecule has 0 aromatic carbocycles. The first-order valence-corrected chi connectivity index (χ1v) is 5.47. The van der Waals surface area contributed by atoms with E-state index >= 15 is 0 Å². The Balaban J connectivity index is 2.33. The average Bonchev–Trinajstić information content (AvgIpc) is 2.47. The highest BCUT2D eigenvalue weighted by Crippen LogP contribution is 2.20. The van der Waals surface area contributed by atoms with Crippen LogP contribution in [0.25, 0.3) is 0 Å². The molecule has 0 aliphatic heterocycles. The molecule has 0 saturated carbocycles. The van der Waals surface area contributed by atoms with Crippen LogP contribution in [0, 0.1) is 0 Å². The molecule has 4 heteroatoms. The minimum Gasteiger partial charge on any atom is -0.395 e. The van der Waals surface area contributed by atoms with Crippen molar-refractivity contribution in [3.63, 3.8) is 0 Å². The van der Waals surface area contributed by atoms with Crippen molar-refractivity contribution in [1.29, 1.82) is 0 Å². The Bertz CT molecular complexity index is 239. The molecule has 0 spiro atoms. The fraction of sp³-hybridized carbons (Fsp3) is 0.500. The van der Waals surface area contributed by atoms with E-state index in [0.717, 1.165) is 10.3 Å². The molecule has 0 amide bonds. The van der Waals surface area contributed by atoms with Crippen LogP contribution in [0.15, 0.2) is 15.2 Å². The molecule has 0 fully saturated rings. The third kappa shape index (κ3) is 3.23. The fourth-order valence-corrected chi connectivity index (χ4v) is 2.00. The van der Waals surface area contributed by atoms with Gasteiger partial charge in [-0.3, -0.25) is 0 Å². The summed E-state index contributed by atoms with van der Waals surface area (Å²) in [5.74, 6) is 0. The Kier molecular flexibility index (Phi) is 4.21. The molecule has 2 N–H and O–H groups in total. The van der Waals surface area contributed by atoms with E-state index in [1.165, 1.54) is 5.56 Å². The number of rotatable bonds is 4. The lowest BCUT2D eigenvalue weighted by Crippen LogP contribution is -2.28. The molecule has 1 aromatic rings. The molecule has 1 aromatic heterocycles. The van der Waals surface area contributed by atoms with Gasteiger partial charge in [-0.2, -0.15) is 0 Å². The van der Waals surface area contributed by atoms with Crippen LogP contribution < -0.4 is 5.32 Å². The SMILES string of the molecule is C[C@@H](CO)NCc1csc(Br)c1. The van der Waals surface area contributed by atoms with Crippen molar-refractivity contribution < 1.29 is 5.11 Å². The lowest BCUT2D eigenvalue weighted by Gasteiger charge is -2.08. The van der Waals surface area contributed by atoms with E-state index in [1.54, 1.807) is 11.3 Å². The van der Waals surface area contributed by atoms with Gasteiger partial charge in [-0.05, 0) is 39.9 Å². The van der Waals surface area contributed by atoms with E-state index in [4.69, 9.17) is 5.11 Å². The zero-order chi connectivity index (χ0) is 8.97. The summed E-state index contributed by atoms with van der Waals surface area (Å²) in [4.78, 5) is 0. The highest BCUT2D eigenvalue weighted by molar-refractivity contribution is 9.11. The Morgan fingerprint density at radius 3 is 3.00 bits per heavy atom. The van der Waals surface area contributed by atoms with Crippen LogP contribution in [-0.2, 0) is 6.54 Å². The third-order valence-corrected chi connectivity index (χ3v) is 3.10. The zero-order valence-corrected chi connectivity index (χ0v) is 9.28. The van der Waals surface area contributed by atoms with Gasteiger partial charge in [-0.1, -0.05) is 0 Å². The van der Waals surface area contributed by atoms with Crippen molar-refractivity contribution in [3.8, 4) is 0 Å². The van der Waals surface area contributed by atoms with Gasteiger partial charge in [-0.25, -0.2) is 0 Å². The number of aliphatic hydroxyl groups is 1. The third-order valence-electron chi connectivity index (χ3n) is 1.55. The smallest absolute Gasteiger partial charge is 0.0701 e. The van der Waals surface area contributed by atoms with Gasteiger partial charge in [0, 0.05) is 12.6 Å². The maximum Gasteiger partial charge on any atom is 0.0701 e.